The Labute approximate surface area is 181 Å². The van der Waals surface area contributed by atoms with E-state index in [4.69, 9.17) is 9.47 Å². The minimum absolute atomic E-state index is 0.163. The molecule has 0 aromatic heterocycles. The Morgan fingerprint density at radius 2 is 1.93 bits per heavy atom. The zero-order valence-corrected chi connectivity index (χ0v) is 18.6. The lowest BCUT2D eigenvalue weighted by Crippen LogP contribution is -2.29. The number of nitrogens with one attached hydrogen (secondary N) is 1. The predicted octanol–water partition coefficient (Wildman–Crippen LogP) is 5.38. The van der Waals surface area contributed by atoms with Crippen molar-refractivity contribution >= 4 is 12.0 Å². The van der Waals surface area contributed by atoms with E-state index < -0.39 is 0 Å². The molecular weight excluding hydrogens is 374 g/mol. The minimum Gasteiger partial charge on any atom is -0.465 e. The Morgan fingerprint density at radius 1 is 1.20 bits per heavy atom. The van der Waals surface area contributed by atoms with E-state index in [-0.39, 0.29) is 17.9 Å². The van der Waals surface area contributed by atoms with E-state index in [1.165, 1.54) is 16.7 Å². The van der Waals surface area contributed by atoms with Crippen LogP contribution in [0.2, 0.25) is 0 Å². The average molecular weight is 410 g/mol. The third kappa shape index (κ3) is 6.88. The van der Waals surface area contributed by atoms with E-state index in [1.807, 2.05) is 6.92 Å². The summed E-state index contributed by atoms with van der Waals surface area (Å²) >= 11 is 0. The lowest BCUT2D eigenvalue weighted by Gasteiger charge is -2.31. The van der Waals surface area contributed by atoms with Gasteiger partial charge in [-0.2, -0.15) is 0 Å². The van der Waals surface area contributed by atoms with Crippen molar-refractivity contribution in [2.75, 3.05) is 26.4 Å². The van der Waals surface area contributed by atoms with Crippen LogP contribution < -0.4 is 5.32 Å². The summed E-state index contributed by atoms with van der Waals surface area (Å²) in [4.78, 5) is 11.6. The molecule has 3 rings (SSSR count). The second-order valence-corrected chi connectivity index (χ2v) is 9.00. The highest BCUT2D eigenvalue weighted by Gasteiger charge is 2.25. The molecule has 0 bridgehead atoms. The SMILES string of the molecule is CCOC(=O)CNC1=C/C(=C\C=C\c2ccc(C3CCOCC3)cc2)CC(C)(C)C1. The quantitative estimate of drug-likeness (QED) is 0.615. The lowest BCUT2D eigenvalue weighted by molar-refractivity contribution is -0.141. The third-order valence-electron chi connectivity index (χ3n) is 5.70. The maximum Gasteiger partial charge on any atom is 0.325 e. The number of rotatable bonds is 7. The van der Waals surface area contributed by atoms with E-state index in [2.05, 4.69) is 67.7 Å². The number of ether oxygens (including phenoxy) is 2. The van der Waals surface area contributed by atoms with Crippen LogP contribution in [-0.2, 0) is 14.3 Å². The van der Waals surface area contributed by atoms with Gasteiger partial charge in [0.05, 0.1) is 6.61 Å². The molecule has 1 aliphatic carbocycles. The highest BCUT2D eigenvalue weighted by Crippen LogP contribution is 2.37. The second-order valence-electron chi connectivity index (χ2n) is 9.00. The molecule has 0 amide bonds. The molecule has 2 aliphatic rings. The van der Waals surface area contributed by atoms with Crippen LogP contribution in [0.5, 0.6) is 0 Å². The van der Waals surface area contributed by atoms with Gasteiger partial charge < -0.3 is 14.8 Å². The minimum atomic E-state index is -0.212. The number of carbonyl (C=O) groups excluding carboxylic acids is 1. The van der Waals surface area contributed by atoms with Crippen LogP contribution in [0.3, 0.4) is 0 Å². The van der Waals surface area contributed by atoms with E-state index in [0.717, 1.165) is 44.6 Å². The Kier molecular flexibility index (Phi) is 7.92. The summed E-state index contributed by atoms with van der Waals surface area (Å²) < 4.78 is 10.5. The molecule has 0 saturated carbocycles. The van der Waals surface area contributed by atoms with Crippen molar-refractivity contribution in [3.8, 4) is 0 Å². The van der Waals surface area contributed by atoms with Crippen LogP contribution in [0.25, 0.3) is 6.08 Å². The summed E-state index contributed by atoms with van der Waals surface area (Å²) in [6.07, 6.45) is 12.8. The Balaban J connectivity index is 1.62. The number of allylic oxidation sites excluding steroid dienone is 5. The first-order valence-electron chi connectivity index (χ1n) is 11.1. The van der Waals surface area contributed by atoms with Crippen molar-refractivity contribution in [1.29, 1.82) is 0 Å². The van der Waals surface area contributed by atoms with Crippen LogP contribution in [0.15, 0.2) is 53.8 Å². The zero-order chi connectivity index (χ0) is 21.4. The van der Waals surface area contributed by atoms with Crippen molar-refractivity contribution in [2.45, 2.75) is 52.4 Å². The molecule has 1 heterocycles. The molecular formula is C26H35NO3. The van der Waals surface area contributed by atoms with Crippen LogP contribution in [0.1, 0.15) is 63.5 Å². The van der Waals surface area contributed by atoms with Gasteiger partial charge >= 0.3 is 5.97 Å². The zero-order valence-electron chi connectivity index (χ0n) is 18.6. The van der Waals surface area contributed by atoms with Crippen molar-refractivity contribution in [3.05, 3.63) is 64.9 Å². The van der Waals surface area contributed by atoms with E-state index >= 15 is 0 Å². The molecule has 1 aromatic carbocycles. The fourth-order valence-electron chi connectivity index (χ4n) is 4.27. The maximum atomic E-state index is 11.6. The van der Waals surface area contributed by atoms with Gasteiger partial charge in [0.25, 0.3) is 0 Å². The summed E-state index contributed by atoms with van der Waals surface area (Å²) in [5.41, 5.74) is 5.16. The number of carbonyl (C=O) groups is 1. The molecule has 4 heteroatoms. The summed E-state index contributed by atoms with van der Waals surface area (Å²) in [6.45, 7) is 8.74. The number of hydrogen-bond donors (Lipinski definition) is 1. The smallest absolute Gasteiger partial charge is 0.325 e. The van der Waals surface area contributed by atoms with Crippen LogP contribution in [-0.4, -0.2) is 32.3 Å². The lowest BCUT2D eigenvalue weighted by atomic mass is 9.77. The van der Waals surface area contributed by atoms with Gasteiger partial charge in [-0.15, -0.1) is 0 Å². The Bertz CT molecular complexity index is 796. The van der Waals surface area contributed by atoms with Crippen LogP contribution in [0.4, 0.5) is 0 Å². The second kappa shape index (κ2) is 10.6. The highest BCUT2D eigenvalue weighted by atomic mass is 16.5. The van der Waals surface area contributed by atoms with Gasteiger partial charge in [-0.3, -0.25) is 4.79 Å². The monoisotopic (exact) mass is 409 g/mol. The van der Waals surface area contributed by atoms with Gasteiger partial charge in [0, 0.05) is 18.9 Å². The first-order chi connectivity index (χ1) is 14.4. The van der Waals surface area contributed by atoms with Crippen molar-refractivity contribution in [2.24, 2.45) is 5.41 Å². The standard InChI is InChI=1S/C26H35NO3/c1-4-30-25(28)19-27-24-16-21(17-26(2,3)18-24)7-5-6-20-8-10-22(11-9-20)23-12-14-29-15-13-23/h5-11,16,23,27H,4,12-15,17-19H2,1-3H3/b6-5+,21-7+. The summed E-state index contributed by atoms with van der Waals surface area (Å²) in [5, 5.41) is 3.25. The van der Waals surface area contributed by atoms with Crippen molar-refractivity contribution in [3.63, 3.8) is 0 Å². The van der Waals surface area contributed by atoms with Crippen LogP contribution in [0, 0.1) is 5.41 Å². The molecule has 0 atom stereocenters. The first kappa shape index (κ1) is 22.4. The van der Waals surface area contributed by atoms with Gasteiger partial charge in [-0.1, -0.05) is 56.3 Å². The fraction of sp³-hybridized carbons (Fsp3) is 0.500. The van der Waals surface area contributed by atoms with Crippen molar-refractivity contribution < 1.29 is 14.3 Å². The Hall–Kier alpha value is -2.33. The van der Waals surface area contributed by atoms with Gasteiger partial charge in [-0.25, -0.2) is 0 Å². The maximum absolute atomic E-state index is 11.6. The number of benzene rings is 1. The fourth-order valence-corrected chi connectivity index (χ4v) is 4.27. The predicted molar refractivity (Wildman–Crippen MR) is 122 cm³/mol. The molecule has 0 unspecified atom stereocenters. The van der Waals surface area contributed by atoms with Gasteiger partial charge in [0.15, 0.2) is 0 Å². The molecule has 1 N–H and O–H groups in total. The largest absolute Gasteiger partial charge is 0.465 e. The summed E-state index contributed by atoms with van der Waals surface area (Å²) in [7, 11) is 0. The molecule has 1 saturated heterocycles. The molecule has 1 aliphatic heterocycles. The Morgan fingerprint density at radius 3 is 2.63 bits per heavy atom. The van der Waals surface area contributed by atoms with Crippen LogP contribution >= 0.6 is 0 Å². The van der Waals surface area contributed by atoms with E-state index in [1.54, 1.807) is 0 Å². The molecule has 0 spiro atoms. The van der Waals surface area contributed by atoms with E-state index in [0.29, 0.717) is 12.5 Å². The average Bonchev–Trinajstić information content (AvgIpc) is 2.73. The number of esters is 1. The van der Waals surface area contributed by atoms with Gasteiger partial charge in [0.1, 0.15) is 6.54 Å². The number of hydrogen-bond acceptors (Lipinski definition) is 4. The van der Waals surface area contributed by atoms with Crippen molar-refractivity contribution in [1.82, 2.24) is 5.32 Å². The van der Waals surface area contributed by atoms with Gasteiger partial charge in [-0.05, 0) is 66.7 Å². The third-order valence-corrected chi connectivity index (χ3v) is 5.70. The first-order valence-corrected chi connectivity index (χ1v) is 11.1. The molecule has 1 fully saturated rings. The summed E-state index contributed by atoms with van der Waals surface area (Å²) in [6, 6.07) is 8.91. The molecule has 0 radical (unpaired) electrons. The van der Waals surface area contributed by atoms with Gasteiger partial charge in [0.2, 0.25) is 0 Å². The highest BCUT2D eigenvalue weighted by molar-refractivity contribution is 5.71. The molecule has 162 valence electrons. The summed E-state index contributed by atoms with van der Waals surface area (Å²) in [5.74, 6) is 0.422. The molecule has 4 nitrogen and oxygen atoms in total. The molecule has 30 heavy (non-hydrogen) atoms. The normalized spacial score (nSPS) is 20.9. The van der Waals surface area contributed by atoms with E-state index in [9.17, 15) is 4.79 Å². The molecule has 1 aromatic rings. The topological polar surface area (TPSA) is 47.6 Å².